The second-order valence-corrected chi connectivity index (χ2v) is 8.74. The van der Waals surface area contributed by atoms with Gasteiger partial charge in [0, 0.05) is 50.0 Å². The standard InChI is InChI=1S/C21H28Cl2N6O/c1-13-12-24-20(27-19(13)28(2)3)25-15-6-8-16(9-7-15)26-21(30)29(4)18-10-5-14(22)11-17(18)23/h5,10-12,15-16H,6-9H2,1-4H3,(H,26,30)(H,24,25,27). The molecular weight excluding hydrogens is 423 g/mol. The molecule has 1 aliphatic carbocycles. The Bertz CT molecular complexity index is 899. The maximum absolute atomic E-state index is 12.6. The predicted molar refractivity (Wildman–Crippen MR) is 124 cm³/mol. The SMILES string of the molecule is Cc1cnc(NC2CCC(NC(=O)N(C)c3ccc(Cl)cc3Cl)CC2)nc1N(C)C. The molecule has 7 nitrogen and oxygen atoms in total. The number of amides is 2. The Morgan fingerprint density at radius 3 is 2.40 bits per heavy atom. The number of aromatic nitrogens is 2. The number of hydrogen-bond donors (Lipinski definition) is 2. The van der Waals surface area contributed by atoms with E-state index >= 15 is 0 Å². The summed E-state index contributed by atoms with van der Waals surface area (Å²) < 4.78 is 0. The molecular formula is C21H28Cl2N6O. The molecule has 1 aliphatic rings. The number of nitrogens with one attached hydrogen (secondary N) is 2. The van der Waals surface area contributed by atoms with Crippen molar-refractivity contribution in [3.8, 4) is 0 Å². The predicted octanol–water partition coefficient (Wildman–Crippen LogP) is 4.73. The van der Waals surface area contributed by atoms with Crippen molar-refractivity contribution in [2.24, 2.45) is 0 Å². The third-order valence-corrected chi connectivity index (χ3v) is 5.87. The average Bonchev–Trinajstić information content (AvgIpc) is 2.70. The van der Waals surface area contributed by atoms with Gasteiger partial charge in [0.2, 0.25) is 5.95 Å². The summed E-state index contributed by atoms with van der Waals surface area (Å²) in [5.41, 5.74) is 1.67. The fraction of sp³-hybridized carbons (Fsp3) is 0.476. The highest BCUT2D eigenvalue weighted by molar-refractivity contribution is 6.36. The number of carbonyl (C=O) groups is 1. The molecule has 2 aromatic rings. The second kappa shape index (κ2) is 9.71. The summed E-state index contributed by atoms with van der Waals surface area (Å²) >= 11 is 12.2. The molecule has 1 heterocycles. The fourth-order valence-corrected chi connectivity index (χ4v) is 4.19. The number of halogens is 2. The minimum atomic E-state index is -0.173. The lowest BCUT2D eigenvalue weighted by molar-refractivity contribution is 0.238. The Morgan fingerprint density at radius 2 is 1.77 bits per heavy atom. The maximum Gasteiger partial charge on any atom is 0.321 e. The molecule has 0 saturated heterocycles. The van der Waals surface area contributed by atoms with Crippen LogP contribution in [0, 0.1) is 6.92 Å². The van der Waals surface area contributed by atoms with Crippen LogP contribution in [0.5, 0.6) is 0 Å². The van der Waals surface area contributed by atoms with Crippen LogP contribution in [-0.4, -0.2) is 49.2 Å². The molecule has 1 aromatic heterocycles. The Morgan fingerprint density at radius 1 is 1.10 bits per heavy atom. The molecule has 162 valence electrons. The minimum absolute atomic E-state index is 0.125. The van der Waals surface area contributed by atoms with Crippen molar-refractivity contribution < 1.29 is 4.79 Å². The molecule has 0 spiro atoms. The number of urea groups is 1. The maximum atomic E-state index is 12.6. The van der Waals surface area contributed by atoms with Gasteiger partial charge in [-0.3, -0.25) is 4.90 Å². The Hall–Kier alpha value is -2.25. The number of hydrogen-bond acceptors (Lipinski definition) is 5. The van der Waals surface area contributed by atoms with E-state index in [1.165, 1.54) is 4.90 Å². The van der Waals surface area contributed by atoms with Crippen LogP contribution in [-0.2, 0) is 0 Å². The monoisotopic (exact) mass is 450 g/mol. The second-order valence-electron chi connectivity index (χ2n) is 7.89. The molecule has 1 saturated carbocycles. The van der Waals surface area contributed by atoms with Gasteiger partial charge in [-0.1, -0.05) is 23.2 Å². The van der Waals surface area contributed by atoms with Crippen LogP contribution in [0.15, 0.2) is 24.4 Å². The van der Waals surface area contributed by atoms with Gasteiger partial charge in [0.15, 0.2) is 0 Å². The van der Waals surface area contributed by atoms with Gasteiger partial charge < -0.3 is 15.5 Å². The smallest absolute Gasteiger partial charge is 0.321 e. The van der Waals surface area contributed by atoms with Gasteiger partial charge in [-0.05, 0) is 50.8 Å². The van der Waals surface area contributed by atoms with Crippen LogP contribution in [0.3, 0.4) is 0 Å². The highest BCUT2D eigenvalue weighted by Crippen LogP contribution is 2.28. The van der Waals surface area contributed by atoms with Gasteiger partial charge in [0.05, 0.1) is 10.7 Å². The molecule has 0 radical (unpaired) electrons. The summed E-state index contributed by atoms with van der Waals surface area (Å²) in [7, 11) is 5.65. The zero-order valence-electron chi connectivity index (χ0n) is 17.7. The number of aryl methyl sites for hydroxylation is 1. The van der Waals surface area contributed by atoms with Crippen LogP contribution in [0.25, 0.3) is 0 Å². The van der Waals surface area contributed by atoms with E-state index in [0.717, 1.165) is 37.1 Å². The van der Waals surface area contributed by atoms with Crippen molar-refractivity contribution in [3.05, 3.63) is 40.0 Å². The molecule has 2 N–H and O–H groups in total. The first-order chi connectivity index (χ1) is 14.2. The Balaban J connectivity index is 1.52. The van der Waals surface area contributed by atoms with E-state index in [9.17, 15) is 4.79 Å². The normalized spacial score (nSPS) is 18.6. The summed E-state index contributed by atoms with van der Waals surface area (Å²) in [6.07, 6.45) is 5.49. The average molecular weight is 451 g/mol. The summed E-state index contributed by atoms with van der Waals surface area (Å²) in [5.74, 6) is 1.56. The Labute approximate surface area is 187 Å². The van der Waals surface area contributed by atoms with Crippen LogP contribution < -0.4 is 20.4 Å². The minimum Gasteiger partial charge on any atom is -0.362 e. The molecule has 0 unspecified atom stereocenters. The molecule has 0 bridgehead atoms. The van der Waals surface area contributed by atoms with Gasteiger partial charge in [-0.15, -0.1) is 0 Å². The van der Waals surface area contributed by atoms with Gasteiger partial charge in [-0.2, -0.15) is 4.98 Å². The van der Waals surface area contributed by atoms with Crippen LogP contribution in [0.1, 0.15) is 31.2 Å². The number of carbonyl (C=O) groups excluding carboxylic acids is 1. The number of rotatable bonds is 5. The van der Waals surface area contributed by atoms with E-state index in [0.29, 0.717) is 27.7 Å². The quantitative estimate of drug-likeness (QED) is 0.688. The topological polar surface area (TPSA) is 73.4 Å². The largest absolute Gasteiger partial charge is 0.362 e. The first-order valence-electron chi connectivity index (χ1n) is 10.0. The first kappa shape index (κ1) is 22.4. The summed E-state index contributed by atoms with van der Waals surface area (Å²) in [4.78, 5) is 25.2. The molecule has 0 atom stereocenters. The molecule has 3 rings (SSSR count). The zero-order valence-corrected chi connectivity index (χ0v) is 19.3. The van der Waals surface area contributed by atoms with Crippen molar-refractivity contribution >= 4 is 46.7 Å². The van der Waals surface area contributed by atoms with Crippen molar-refractivity contribution in [2.45, 2.75) is 44.7 Å². The molecule has 1 fully saturated rings. The van der Waals surface area contributed by atoms with E-state index in [1.807, 2.05) is 32.1 Å². The fourth-order valence-electron chi connectivity index (χ4n) is 3.65. The first-order valence-corrected chi connectivity index (χ1v) is 10.8. The highest BCUT2D eigenvalue weighted by atomic mass is 35.5. The lowest BCUT2D eigenvalue weighted by Gasteiger charge is -2.31. The van der Waals surface area contributed by atoms with Crippen LogP contribution >= 0.6 is 23.2 Å². The van der Waals surface area contributed by atoms with Crippen LogP contribution in [0.2, 0.25) is 10.0 Å². The number of benzene rings is 1. The van der Waals surface area contributed by atoms with Gasteiger partial charge in [0.1, 0.15) is 5.82 Å². The third-order valence-electron chi connectivity index (χ3n) is 5.33. The van der Waals surface area contributed by atoms with Crippen molar-refractivity contribution in [2.75, 3.05) is 36.3 Å². The molecule has 0 aliphatic heterocycles. The van der Waals surface area contributed by atoms with Crippen molar-refractivity contribution in [1.82, 2.24) is 15.3 Å². The molecule has 1 aromatic carbocycles. The van der Waals surface area contributed by atoms with E-state index in [4.69, 9.17) is 23.2 Å². The van der Waals surface area contributed by atoms with Gasteiger partial charge in [-0.25, -0.2) is 9.78 Å². The molecule has 2 amide bonds. The Kier molecular flexibility index (Phi) is 7.26. The highest BCUT2D eigenvalue weighted by Gasteiger charge is 2.25. The molecule has 30 heavy (non-hydrogen) atoms. The van der Waals surface area contributed by atoms with E-state index in [-0.39, 0.29) is 12.1 Å². The van der Waals surface area contributed by atoms with Gasteiger partial charge >= 0.3 is 6.03 Å². The lowest BCUT2D eigenvalue weighted by atomic mass is 9.91. The van der Waals surface area contributed by atoms with E-state index < -0.39 is 0 Å². The van der Waals surface area contributed by atoms with Gasteiger partial charge in [0.25, 0.3) is 0 Å². The zero-order chi connectivity index (χ0) is 21.8. The third kappa shape index (κ3) is 5.46. The van der Waals surface area contributed by atoms with Crippen molar-refractivity contribution in [3.63, 3.8) is 0 Å². The summed E-state index contributed by atoms with van der Waals surface area (Å²) in [6.45, 7) is 2.00. The van der Waals surface area contributed by atoms with Crippen molar-refractivity contribution in [1.29, 1.82) is 0 Å². The number of anilines is 3. The van der Waals surface area contributed by atoms with Crippen LogP contribution in [0.4, 0.5) is 22.2 Å². The van der Waals surface area contributed by atoms with E-state index in [1.54, 1.807) is 25.2 Å². The summed E-state index contributed by atoms with van der Waals surface area (Å²) in [6, 6.07) is 5.34. The van der Waals surface area contributed by atoms with E-state index in [2.05, 4.69) is 20.6 Å². The number of nitrogens with zero attached hydrogens (tertiary/aromatic N) is 4. The lowest BCUT2D eigenvalue weighted by Crippen LogP contribution is -2.45. The summed E-state index contributed by atoms with van der Waals surface area (Å²) in [5, 5.41) is 7.53. The molecule has 9 heteroatoms.